The van der Waals surface area contributed by atoms with E-state index >= 15 is 0 Å². The van der Waals surface area contributed by atoms with E-state index in [-0.39, 0.29) is 6.04 Å². The third-order valence-corrected chi connectivity index (χ3v) is 4.49. The van der Waals surface area contributed by atoms with E-state index in [0.717, 1.165) is 17.7 Å². The minimum absolute atomic E-state index is 0.104. The summed E-state index contributed by atoms with van der Waals surface area (Å²) in [6.07, 6.45) is 1.11. The van der Waals surface area contributed by atoms with E-state index in [9.17, 15) is 9.90 Å². The highest BCUT2D eigenvalue weighted by Crippen LogP contribution is 2.28. The van der Waals surface area contributed by atoms with E-state index < -0.39 is 11.5 Å². The lowest BCUT2D eigenvalue weighted by Crippen LogP contribution is -2.54. The van der Waals surface area contributed by atoms with Crippen LogP contribution in [0.5, 0.6) is 0 Å². The molecule has 0 amide bonds. The number of thioether (sulfide) groups is 1. The van der Waals surface area contributed by atoms with Gasteiger partial charge in [-0.25, -0.2) is 4.79 Å². The largest absolute Gasteiger partial charge is 0.480 e. The van der Waals surface area contributed by atoms with Crippen LogP contribution in [-0.2, 0) is 10.3 Å². The van der Waals surface area contributed by atoms with E-state index in [1.807, 2.05) is 44.2 Å². The standard InChI is InChI=1S/C17H27NO2S/c1-13(2)10-11-21-12-17(16(19)20,18-14(3)4)15-8-6-5-7-9-15/h5-9,13-14,18H,10-12H2,1-4H3,(H,19,20). The van der Waals surface area contributed by atoms with Gasteiger partial charge < -0.3 is 5.11 Å². The lowest BCUT2D eigenvalue weighted by Gasteiger charge is -2.33. The summed E-state index contributed by atoms with van der Waals surface area (Å²) in [7, 11) is 0. The van der Waals surface area contributed by atoms with Crippen molar-refractivity contribution in [3.8, 4) is 0 Å². The maximum Gasteiger partial charge on any atom is 0.329 e. The smallest absolute Gasteiger partial charge is 0.329 e. The molecule has 4 heteroatoms. The molecule has 0 saturated carbocycles. The molecule has 1 rings (SSSR count). The fourth-order valence-electron chi connectivity index (χ4n) is 2.22. The Morgan fingerprint density at radius 1 is 1.24 bits per heavy atom. The Bertz CT molecular complexity index is 434. The molecule has 0 saturated heterocycles. The zero-order chi connectivity index (χ0) is 15.9. The third kappa shape index (κ3) is 5.36. The molecule has 21 heavy (non-hydrogen) atoms. The fourth-order valence-corrected chi connectivity index (χ4v) is 3.68. The Morgan fingerprint density at radius 2 is 1.86 bits per heavy atom. The van der Waals surface area contributed by atoms with Gasteiger partial charge in [0.25, 0.3) is 0 Å². The van der Waals surface area contributed by atoms with E-state index in [4.69, 9.17) is 0 Å². The zero-order valence-corrected chi connectivity index (χ0v) is 14.2. The first kappa shape index (κ1) is 18.1. The molecule has 0 aliphatic rings. The highest BCUT2D eigenvalue weighted by atomic mass is 32.2. The molecule has 118 valence electrons. The van der Waals surface area contributed by atoms with Crippen LogP contribution in [0.3, 0.4) is 0 Å². The molecule has 0 bridgehead atoms. The first-order valence-corrected chi connectivity index (χ1v) is 8.68. The second-order valence-electron chi connectivity index (χ2n) is 6.11. The van der Waals surface area contributed by atoms with Crippen molar-refractivity contribution in [2.24, 2.45) is 5.92 Å². The normalized spacial score (nSPS) is 14.4. The molecule has 0 heterocycles. The Balaban J connectivity index is 2.94. The molecule has 0 spiro atoms. The molecular weight excluding hydrogens is 282 g/mol. The zero-order valence-electron chi connectivity index (χ0n) is 13.4. The van der Waals surface area contributed by atoms with E-state index in [0.29, 0.717) is 11.7 Å². The van der Waals surface area contributed by atoms with Crippen molar-refractivity contribution in [2.45, 2.75) is 45.7 Å². The Morgan fingerprint density at radius 3 is 2.33 bits per heavy atom. The van der Waals surface area contributed by atoms with Gasteiger partial charge in [0.2, 0.25) is 0 Å². The summed E-state index contributed by atoms with van der Waals surface area (Å²) in [6.45, 7) is 8.35. The second kappa shape index (κ2) is 8.44. The van der Waals surface area contributed by atoms with Crippen LogP contribution in [-0.4, -0.2) is 28.6 Å². The number of benzene rings is 1. The number of aliphatic carboxylic acids is 1. The summed E-state index contributed by atoms with van der Waals surface area (Å²) in [5, 5.41) is 13.1. The van der Waals surface area contributed by atoms with Gasteiger partial charge in [-0.15, -0.1) is 0 Å². The van der Waals surface area contributed by atoms with Gasteiger partial charge in [-0.3, -0.25) is 5.32 Å². The minimum atomic E-state index is -1.02. The van der Waals surface area contributed by atoms with Gasteiger partial charge >= 0.3 is 5.97 Å². The average molecular weight is 309 g/mol. The third-order valence-electron chi connectivity index (χ3n) is 3.32. The maximum absolute atomic E-state index is 12.0. The molecule has 1 atom stereocenters. The molecule has 0 aliphatic heterocycles. The van der Waals surface area contributed by atoms with Crippen molar-refractivity contribution in [2.75, 3.05) is 11.5 Å². The van der Waals surface area contributed by atoms with Gasteiger partial charge in [-0.2, -0.15) is 11.8 Å². The fraction of sp³-hybridized carbons (Fsp3) is 0.588. The molecule has 0 fully saturated rings. The average Bonchev–Trinajstić information content (AvgIpc) is 2.42. The molecule has 1 aromatic carbocycles. The number of rotatable bonds is 9. The summed E-state index contributed by atoms with van der Waals surface area (Å²) in [4.78, 5) is 12.0. The van der Waals surface area contributed by atoms with Crippen LogP contribution < -0.4 is 5.32 Å². The van der Waals surface area contributed by atoms with E-state index in [1.165, 1.54) is 0 Å². The van der Waals surface area contributed by atoms with Crippen LogP contribution in [0.15, 0.2) is 30.3 Å². The van der Waals surface area contributed by atoms with Crippen molar-refractivity contribution >= 4 is 17.7 Å². The number of carboxylic acid groups (broad SMARTS) is 1. The number of hydrogen-bond acceptors (Lipinski definition) is 3. The molecule has 2 N–H and O–H groups in total. The van der Waals surface area contributed by atoms with Crippen molar-refractivity contribution in [1.29, 1.82) is 0 Å². The summed E-state index contributed by atoms with van der Waals surface area (Å²) >= 11 is 1.71. The van der Waals surface area contributed by atoms with Crippen molar-refractivity contribution in [1.82, 2.24) is 5.32 Å². The van der Waals surface area contributed by atoms with Crippen LogP contribution >= 0.6 is 11.8 Å². The van der Waals surface area contributed by atoms with Crippen molar-refractivity contribution in [3.63, 3.8) is 0 Å². The molecule has 3 nitrogen and oxygen atoms in total. The van der Waals surface area contributed by atoms with Crippen LogP contribution in [0.2, 0.25) is 0 Å². The topological polar surface area (TPSA) is 49.3 Å². The summed E-state index contributed by atoms with van der Waals surface area (Å²) < 4.78 is 0. The predicted octanol–water partition coefficient (Wildman–Crippen LogP) is 3.74. The Labute approximate surface area is 132 Å². The van der Waals surface area contributed by atoms with Crippen LogP contribution in [0.1, 0.15) is 39.7 Å². The number of carboxylic acids is 1. The van der Waals surface area contributed by atoms with Crippen molar-refractivity contribution < 1.29 is 9.90 Å². The lowest BCUT2D eigenvalue weighted by molar-refractivity contribution is -0.144. The maximum atomic E-state index is 12.0. The van der Waals surface area contributed by atoms with E-state index in [2.05, 4.69) is 19.2 Å². The van der Waals surface area contributed by atoms with Gasteiger partial charge in [0, 0.05) is 11.8 Å². The number of carbonyl (C=O) groups is 1. The molecule has 1 unspecified atom stereocenters. The van der Waals surface area contributed by atoms with E-state index in [1.54, 1.807) is 11.8 Å². The van der Waals surface area contributed by atoms with Gasteiger partial charge in [-0.1, -0.05) is 44.2 Å². The molecule has 1 aromatic rings. The number of nitrogens with one attached hydrogen (secondary N) is 1. The summed E-state index contributed by atoms with van der Waals surface area (Å²) in [6, 6.07) is 9.60. The summed E-state index contributed by atoms with van der Waals surface area (Å²) in [5.74, 6) is 1.36. The van der Waals surface area contributed by atoms with Crippen LogP contribution in [0, 0.1) is 5.92 Å². The van der Waals surface area contributed by atoms with Gasteiger partial charge in [0.1, 0.15) is 0 Å². The second-order valence-corrected chi connectivity index (χ2v) is 7.22. The van der Waals surface area contributed by atoms with Crippen LogP contribution in [0.25, 0.3) is 0 Å². The first-order valence-electron chi connectivity index (χ1n) is 7.53. The molecular formula is C17H27NO2S. The van der Waals surface area contributed by atoms with Gasteiger partial charge in [0.05, 0.1) is 0 Å². The minimum Gasteiger partial charge on any atom is -0.480 e. The highest BCUT2D eigenvalue weighted by Gasteiger charge is 2.40. The summed E-state index contributed by atoms with van der Waals surface area (Å²) in [5.41, 5.74) is -0.194. The van der Waals surface area contributed by atoms with Gasteiger partial charge in [-0.05, 0) is 37.5 Å². The molecule has 0 aliphatic carbocycles. The lowest BCUT2D eigenvalue weighted by atomic mass is 9.91. The first-order chi connectivity index (χ1) is 9.88. The Kier molecular flexibility index (Phi) is 7.26. The number of hydrogen-bond donors (Lipinski definition) is 2. The molecule has 0 aromatic heterocycles. The predicted molar refractivity (Wildman–Crippen MR) is 90.8 cm³/mol. The van der Waals surface area contributed by atoms with Gasteiger partial charge in [0.15, 0.2) is 5.54 Å². The SMILES string of the molecule is CC(C)CCSCC(NC(C)C)(C(=O)O)c1ccccc1. The molecule has 0 radical (unpaired) electrons. The monoisotopic (exact) mass is 309 g/mol. The highest BCUT2D eigenvalue weighted by molar-refractivity contribution is 7.99. The quantitative estimate of drug-likeness (QED) is 0.682. The van der Waals surface area contributed by atoms with Crippen molar-refractivity contribution in [3.05, 3.63) is 35.9 Å². The van der Waals surface area contributed by atoms with Crippen LogP contribution in [0.4, 0.5) is 0 Å². The Hall–Kier alpha value is -1.00.